The SMILES string of the molecule is CS/C([S-])=N/N=C(\C)c1ccco1.CS/C([S-])=N/N=C(\C)c1ccco1.[Ni+2]. The van der Waals surface area contributed by atoms with E-state index in [9.17, 15) is 0 Å². The molecule has 0 unspecified atom stereocenters. The number of nitrogens with zero attached hydrogens (tertiary/aromatic N) is 4. The fourth-order valence-corrected chi connectivity index (χ4v) is 1.71. The molecule has 0 saturated heterocycles. The van der Waals surface area contributed by atoms with Crippen molar-refractivity contribution in [3.05, 3.63) is 48.3 Å². The van der Waals surface area contributed by atoms with Gasteiger partial charge in [0.2, 0.25) is 0 Å². The molecule has 0 amide bonds. The molecule has 148 valence electrons. The molecule has 6 nitrogen and oxygen atoms in total. The predicted molar refractivity (Wildman–Crippen MR) is 118 cm³/mol. The molecule has 0 fully saturated rings. The molecule has 0 spiro atoms. The van der Waals surface area contributed by atoms with Crippen LogP contribution in [0.3, 0.4) is 0 Å². The third-order valence-electron chi connectivity index (χ3n) is 2.67. The minimum Gasteiger partial charge on any atom is -0.752 e. The fraction of sp³-hybridized carbons (Fsp3) is 0.250. The Morgan fingerprint density at radius 3 is 1.41 bits per heavy atom. The van der Waals surface area contributed by atoms with Gasteiger partial charge in [0.05, 0.1) is 12.5 Å². The molecule has 27 heavy (non-hydrogen) atoms. The van der Waals surface area contributed by atoms with Gasteiger partial charge in [-0.3, -0.25) is 0 Å². The van der Waals surface area contributed by atoms with Gasteiger partial charge < -0.3 is 34.1 Å². The molecule has 2 aromatic heterocycles. The molecule has 0 N–H and O–H groups in total. The van der Waals surface area contributed by atoms with Gasteiger partial charge in [-0.1, -0.05) is 0 Å². The van der Waals surface area contributed by atoms with Crippen LogP contribution in [0.15, 0.2) is 66.0 Å². The van der Waals surface area contributed by atoms with Crippen LogP contribution in [0.25, 0.3) is 0 Å². The first-order valence-corrected chi connectivity index (χ1v) is 10.5. The van der Waals surface area contributed by atoms with Crippen LogP contribution in [0.2, 0.25) is 0 Å². The summed E-state index contributed by atoms with van der Waals surface area (Å²) in [7, 11) is 0. The molecule has 11 heteroatoms. The van der Waals surface area contributed by atoms with Crippen molar-refractivity contribution in [3.8, 4) is 0 Å². The van der Waals surface area contributed by atoms with E-state index in [0.29, 0.717) is 20.3 Å². The molecule has 0 bridgehead atoms. The van der Waals surface area contributed by atoms with Crippen LogP contribution >= 0.6 is 23.5 Å². The van der Waals surface area contributed by atoms with Gasteiger partial charge in [0.25, 0.3) is 0 Å². The maximum absolute atomic E-state index is 5.12. The van der Waals surface area contributed by atoms with Crippen molar-refractivity contribution < 1.29 is 25.3 Å². The van der Waals surface area contributed by atoms with E-state index in [0.717, 1.165) is 11.4 Å². The Hall–Kier alpha value is -1.13. The van der Waals surface area contributed by atoms with E-state index in [4.69, 9.17) is 34.1 Å². The molecule has 0 aromatic carbocycles. The molecule has 0 saturated carbocycles. The second-order valence-electron chi connectivity index (χ2n) is 4.47. The van der Waals surface area contributed by atoms with Crippen molar-refractivity contribution in [1.82, 2.24) is 0 Å². The quantitative estimate of drug-likeness (QED) is 0.208. The Kier molecular flexibility index (Phi) is 14.3. The van der Waals surface area contributed by atoms with E-state index < -0.39 is 0 Å². The molecular weight excluding hydrogens is 467 g/mol. The Balaban J connectivity index is 0.000000483. The minimum atomic E-state index is 0. The molecule has 0 radical (unpaired) electrons. The van der Waals surface area contributed by atoms with Crippen molar-refractivity contribution in [2.45, 2.75) is 13.8 Å². The largest absolute Gasteiger partial charge is 2.00 e. The summed E-state index contributed by atoms with van der Waals surface area (Å²) in [5.41, 5.74) is 1.45. The fourth-order valence-electron chi connectivity index (χ4n) is 1.38. The maximum atomic E-state index is 5.12. The van der Waals surface area contributed by atoms with Crippen molar-refractivity contribution in [3.63, 3.8) is 0 Å². The summed E-state index contributed by atoms with van der Waals surface area (Å²) in [6.07, 6.45) is 6.93. The number of rotatable bonds is 4. The van der Waals surface area contributed by atoms with Gasteiger partial charge in [0.1, 0.15) is 22.9 Å². The summed E-state index contributed by atoms with van der Waals surface area (Å²) in [6.45, 7) is 3.65. The van der Waals surface area contributed by atoms with Crippen LogP contribution in [-0.4, -0.2) is 32.7 Å². The summed E-state index contributed by atoms with van der Waals surface area (Å²) >= 11 is 12.5. The molecule has 0 atom stereocenters. The molecule has 2 heterocycles. The van der Waals surface area contributed by atoms with Gasteiger partial charge in [-0.15, -0.1) is 23.5 Å². The van der Waals surface area contributed by atoms with E-state index in [1.807, 2.05) is 38.5 Å². The molecule has 2 rings (SSSR count). The zero-order valence-electron chi connectivity index (χ0n) is 15.0. The summed E-state index contributed by atoms with van der Waals surface area (Å²) in [6, 6.07) is 7.27. The van der Waals surface area contributed by atoms with E-state index in [-0.39, 0.29) is 16.5 Å². The first-order chi connectivity index (χ1) is 12.5. The molecular formula is C16H18N4NiO2S4. The van der Waals surface area contributed by atoms with E-state index in [2.05, 4.69) is 20.4 Å². The van der Waals surface area contributed by atoms with Crippen molar-refractivity contribution in [2.75, 3.05) is 12.5 Å². The minimum absolute atomic E-state index is 0. The molecule has 0 aliphatic heterocycles. The van der Waals surface area contributed by atoms with Crippen molar-refractivity contribution in [1.29, 1.82) is 0 Å². The standard InChI is InChI=1S/2C8H10N2OS2.Ni/c2*1-6(7-4-3-5-11-7)9-10-8(12)13-2;/h2*3-5H,1-2H3,(H,10,12);/q;;+2/p-2/b2*9-6+;. The van der Waals surface area contributed by atoms with Crippen LogP contribution < -0.4 is 0 Å². The maximum Gasteiger partial charge on any atom is 2.00 e. The summed E-state index contributed by atoms with van der Waals surface area (Å²) in [5.74, 6) is 1.43. The van der Waals surface area contributed by atoms with Crippen LogP contribution in [0.5, 0.6) is 0 Å². The number of hydrogen-bond acceptors (Lipinski definition) is 10. The zero-order valence-corrected chi connectivity index (χ0v) is 19.3. The summed E-state index contributed by atoms with van der Waals surface area (Å²) in [4.78, 5) is 0. The second-order valence-corrected chi connectivity index (χ2v) is 7.35. The first kappa shape index (κ1) is 25.9. The molecule has 2 aromatic rings. The Morgan fingerprint density at radius 2 is 1.15 bits per heavy atom. The smallest absolute Gasteiger partial charge is 0.752 e. The number of furan rings is 2. The Morgan fingerprint density at radius 1 is 0.778 bits per heavy atom. The molecule has 0 aliphatic rings. The number of thioether (sulfide) groups is 2. The topological polar surface area (TPSA) is 75.7 Å². The normalized spacial score (nSPS) is 12.9. The average molecular weight is 485 g/mol. The summed E-state index contributed by atoms with van der Waals surface area (Å²) < 4.78 is 11.3. The van der Waals surface area contributed by atoms with Gasteiger partial charge in [0.15, 0.2) is 0 Å². The average Bonchev–Trinajstić information content (AvgIpc) is 3.37. The van der Waals surface area contributed by atoms with Gasteiger partial charge in [0, 0.05) is 0 Å². The monoisotopic (exact) mass is 484 g/mol. The molecule has 0 aliphatic carbocycles. The first-order valence-electron chi connectivity index (χ1n) is 7.22. The van der Waals surface area contributed by atoms with Crippen LogP contribution in [0, 0.1) is 0 Å². The van der Waals surface area contributed by atoms with Crippen molar-refractivity contribution >= 4 is 69.0 Å². The number of hydrogen-bond donors (Lipinski definition) is 0. The van der Waals surface area contributed by atoms with Crippen LogP contribution in [0.1, 0.15) is 25.4 Å². The third kappa shape index (κ3) is 10.7. The Labute approximate surface area is 188 Å². The van der Waals surface area contributed by atoms with Crippen LogP contribution in [0.4, 0.5) is 0 Å². The second kappa shape index (κ2) is 14.9. The van der Waals surface area contributed by atoms with Gasteiger partial charge >= 0.3 is 16.5 Å². The van der Waals surface area contributed by atoms with Crippen LogP contribution in [-0.2, 0) is 41.7 Å². The predicted octanol–water partition coefficient (Wildman–Crippen LogP) is 4.54. The van der Waals surface area contributed by atoms with E-state index >= 15 is 0 Å². The van der Waals surface area contributed by atoms with E-state index in [1.165, 1.54) is 23.5 Å². The summed E-state index contributed by atoms with van der Waals surface area (Å²) in [5, 5.41) is 15.5. The zero-order chi connectivity index (χ0) is 19.4. The van der Waals surface area contributed by atoms with Crippen molar-refractivity contribution in [2.24, 2.45) is 20.4 Å². The van der Waals surface area contributed by atoms with Gasteiger partial charge in [-0.05, 0) is 59.4 Å². The van der Waals surface area contributed by atoms with Gasteiger partial charge in [-0.25, -0.2) is 0 Å². The van der Waals surface area contributed by atoms with Gasteiger partial charge in [-0.2, -0.15) is 20.4 Å². The van der Waals surface area contributed by atoms with E-state index in [1.54, 1.807) is 24.7 Å². The third-order valence-corrected chi connectivity index (χ3v) is 4.69. The Bertz CT molecular complexity index is 706.